The topological polar surface area (TPSA) is 42.1 Å². The first-order valence-electron chi connectivity index (χ1n) is 6.52. The Morgan fingerprint density at radius 2 is 2.05 bits per heavy atom. The molecule has 1 aromatic heterocycles. The molecule has 0 radical (unpaired) electrons. The average Bonchev–Trinajstić information content (AvgIpc) is 2.61. The lowest BCUT2D eigenvalue weighted by molar-refractivity contribution is 0.758. The summed E-state index contributed by atoms with van der Waals surface area (Å²) < 4.78 is 0. The number of fused-ring (bicyclic) bond motifs is 1. The van der Waals surface area contributed by atoms with E-state index in [1.807, 2.05) is 0 Å². The molecule has 0 saturated carbocycles. The van der Waals surface area contributed by atoms with Crippen LogP contribution in [0.3, 0.4) is 0 Å². The molecule has 0 atom stereocenters. The van der Waals surface area contributed by atoms with Gasteiger partial charge in [0.05, 0.1) is 16.9 Å². The third kappa shape index (κ3) is 2.38. The summed E-state index contributed by atoms with van der Waals surface area (Å²) in [6, 6.07) is 10.2. The lowest BCUT2D eigenvalue weighted by Gasteiger charge is -2.24. The van der Waals surface area contributed by atoms with Gasteiger partial charge in [-0.2, -0.15) is 0 Å². The number of nitrogen functional groups attached to an aromatic ring is 1. The Balaban J connectivity index is 2.09. The van der Waals surface area contributed by atoms with E-state index in [1.165, 1.54) is 17.7 Å². The van der Waals surface area contributed by atoms with Gasteiger partial charge in [0, 0.05) is 12.2 Å². The van der Waals surface area contributed by atoms with E-state index in [1.54, 1.807) is 12.3 Å². The van der Waals surface area contributed by atoms with Gasteiger partial charge in [-0.1, -0.05) is 29.8 Å². The number of para-hydroxylation sites is 1. The second-order valence-corrected chi connectivity index (χ2v) is 5.22. The molecule has 2 aromatic rings. The minimum atomic E-state index is 0.594. The van der Waals surface area contributed by atoms with Gasteiger partial charge in [0.2, 0.25) is 0 Å². The number of pyridine rings is 1. The van der Waals surface area contributed by atoms with Crippen molar-refractivity contribution in [3.63, 3.8) is 0 Å². The summed E-state index contributed by atoms with van der Waals surface area (Å²) in [6.07, 6.45) is 5.10. The van der Waals surface area contributed by atoms with E-state index in [4.69, 9.17) is 17.3 Å². The molecule has 0 fully saturated rings. The van der Waals surface area contributed by atoms with Gasteiger partial charge in [0.1, 0.15) is 0 Å². The van der Waals surface area contributed by atoms with Crippen molar-refractivity contribution >= 4 is 28.8 Å². The number of benzene rings is 1. The van der Waals surface area contributed by atoms with Crippen LogP contribution in [-0.2, 0) is 6.42 Å². The van der Waals surface area contributed by atoms with Crippen molar-refractivity contribution in [2.45, 2.75) is 19.3 Å². The molecule has 1 aliphatic heterocycles. The number of aryl methyl sites for hydroxylation is 1. The first kappa shape index (κ1) is 12.3. The lowest BCUT2D eigenvalue weighted by Crippen LogP contribution is -2.19. The SMILES string of the molecule is Nc1cnc(N2CCCCc3ccccc32)c(Cl)c1. The molecular weight excluding hydrogens is 258 g/mol. The maximum atomic E-state index is 6.30. The molecule has 0 saturated heterocycles. The first-order valence-corrected chi connectivity index (χ1v) is 6.90. The van der Waals surface area contributed by atoms with E-state index in [-0.39, 0.29) is 0 Å². The summed E-state index contributed by atoms with van der Waals surface area (Å²) in [5.41, 5.74) is 8.88. The zero-order chi connectivity index (χ0) is 13.2. The van der Waals surface area contributed by atoms with Crippen LogP contribution < -0.4 is 10.6 Å². The van der Waals surface area contributed by atoms with Gasteiger partial charge in [0.25, 0.3) is 0 Å². The molecule has 0 unspecified atom stereocenters. The highest BCUT2D eigenvalue weighted by molar-refractivity contribution is 6.33. The van der Waals surface area contributed by atoms with Gasteiger partial charge in [-0.25, -0.2) is 4.98 Å². The zero-order valence-electron chi connectivity index (χ0n) is 10.6. The van der Waals surface area contributed by atoms with Crippen LogP contribution >= 0.6 is 11.6 Å². The van der Waals surface area contributed by atoms with Crippen molar-refractivity contribution in [2.75, 3.05) is 17.2 Å². The normalized spacial score (nSPS) is 14.9. The van der Waals surface area contributed by atoms with Crippen LogP contribution in [-0.4, -0.2) is 11.5 Å². The van der Waals surface area contributed by atoms with E-state index < -0.39 is 0 Å². The molecule has 0 bridgehead atoms. The fourth-order valence-corrected chi connectivity index (χ4v) is 2.83. The van der Waals surface area contributed by atoms with Crippen molar-refractivity contribution in [3.05, 3.63) is 47.1 Å². The summed E-state index contributed by atoms with van der Waals surface area (Å²) in [6.45, 7) is 0.938. The second kappa shape index (κ2) is 5.10. The van der Waals surface area contributed by atoms with E-state index in [0.717, 1.165) is 25.2 Å². The number of anilines is 3. The Morgan fingerprint density at radius 1 is 1.21 bits per heavy atom. The molecule has 0 spiro atoms. The van der Waals surface area contributed by atoms with Crippen molar-refractivity contribution in [1.29, 1.82) is 0 Å². The Hall–Kier alpha value is -1.74. The highest BCUT2D eigenvalue weighted by Crippen LogP contribution is 2.35. The van der Waals surface area contributed by atoms with Crippen molar-refractivity contribution < 1.29 is 0 Å². The summed E-state index contributed by atoms with van der Waals surface area (Å²) in [4.78, 5) is 6.61. The number of hydrogen-bond acceptors (Lipinski definition) is 3. The van der Waals surface area contributed by atoms with Crippen LogP contribution in [0.25, 0.3) is 0 Å². The lowest BCUT2D eigenvalue weighted by atomic mass is 10.1. The van der Waals surface area contributed by atoms with Crippen molar-refractivity contribution in [3.8, 4) is 0 Å². The Bertz CT molecular complexity index is 598. The third-order valence-electron chi connectivity index (χ3n) is 3.46. The first-order chi connectivity index (χ1) is 9.25. The molecule has 1 aromatic carbocycles. The fourth-order valence-electron chi connectivity index (χ4n) is 2.56. The number of nitrogens with two attached hydrogens (primary N) is 1. The maximum absolute atomic E-state index is 6.30. The predicted molar refractivity (Wildman–Crippen MR) is 80.0 cm³/mol. The van der Waals surface area contributed by atoms with Crippen LogP contribution in [0, 0.1) is 0 Å². The maximum Gasteiger partial charge on any atom is 0.151 e. The minimum Gasteiger partial charge on any atom is -0.397 e. The summed E-state index contributed by atoms with van der Waals surface area (Å²) in [5.74, 6) is 0.796. The van der Waals surface area contributed by atoms with E-state index in [2.05, 4.69) is 34.1 Å². The van der Waals surface area contributed by atoms with Crippen LogP contribution in [0.4, 0.5) is 17.2 Å². The molecule has 3 nitrogen and oxygen atoms in total. The second-order valence-electron chi connectivity index (χ2n) is 4.81. The largest absolute Gasteiger partial charge is 0.397 e. The van der Waals surface area contributed by atoms with Gasteiger partial charge >= 0.3 is 0 Å². The van der Waals surface area contributed by atoms with E-state index in [9.17, 15) is 0 Å². The summed E-state index contributed by atoms with van der Waals surface area (Å²) in [7, 11) is 0. The molecule has 2 heterocycles. The van der Waals surface area contributed by atoms with Gasteiger partial charge in [0.15, 0.2) is 5.82 Å². The molecule has 98 valence electrons. The monoisotopic (exact) mass is 273 g/mol. The van der Waals surface area contributed by atoms with Gasteiger partial charge in [-0.15, -0.1) is 0 Å². The number of aromatic nitrogens is 1. The molecule has 3 rings (SSSR count). The Kier molecular flexibility index (Phi) is 3.30. The molecule has 0 amide bonds. The standard InChI is InChI=1S/C15H16ClN3/c16-13-9-12(17)10-18-15(13)19-8-4-3-6-11-5-1-2-7-14(11)19/h1-2,5,7,9-10H,3-4,6,8,17H2. The van der Waals surface area contributed by atoms with E-state index >= 15 is 0 Å². The highest BCUT2D eigenvalue weighted by Gasteiger charge is 2.19. The van der Waals surface area contributed by atoms with E-state index in [0.29, 0.717) is 10.7 Å². The van der Waals surface area contributed by atoms with Crippen LogP contribution in [0.2, 0.25) is 5.02 Å². The van der Waals surface area contributed by atoms with Gasteiger partial charge < -0.3 is 10.6 Å². The minimum absolute atomic E-state index is 0.594. The van der Waals surface area contributed by atoms with Gasteiger partial charge in [-0.05, 0) is 37.0 Å². The highest BCUT2D eigenvalue weighted by atomic mass is 35.5. The summed E-state index contributed by atoms with van der Waals surface area (Å²) in [5, 5.41) is 0.608. The Morgan fingerprint density at radius 3 is 2.89 bits per heavy atom. The third-order valence-corrected chi connectivity index (χ3v) is 3.74. The molecule has 0 aliphatic carbocycles. The molecule has 1 aliphatic rings. The molecule has 2 N–H and O–H groups in total. The zero-order valence-corrected chi connectivity index (χ0v) is 11.4. The smallest absolute Gasteiger partial charge is 0.151 e. The quantitative estimate of drug-likeness (QED) is 0.859. The average molecular weight is 274 g/mol. The summed E-state index contributed by atoms with van der Waals surface area (Å²) >= 11 is 6.30. The molecule has 4 heteroatoms. The Labute approximate surface area is 118 Å². The predicted octanol–water partition coefficient (Wildman–Crippen LogP) is 3.79. The molecular formula is C15H16ClN3. The number of rotatable bonds is 1. The fraction of sp³-hybridized carbons (Fsp3) is 0.267. The number of nitrogens with zero attached hydrogens (tertiary/aromatic N) is 2. The van der Waals surface area contributed by atoms with Gasteiger partial charge in [-0.3, -0.25) is 0 Å². The van der Waals surface area contributed by atoms with Crippen LogP contribution in [0.5, 0.6) is 0 Å². The van der Waals surface area contributed by atoms with Crippen LogP contribution in [0.1, 0.15) is 18.4 Å². The molecule has 19 heavy (non-hydrogen) atoms. The number of halogens is 1. The van der Waals surface area contributed by atoms with Crippen molar-refractivity contribution in [2.24, 2.45) is 0 Å². The number of hydrogen-bond donors (Lipinski definition) is 1. The van der Waals surface area contributed by atoms with Crippen LogP contribution in [0.15, 0.2) is 36.5 Å². The van der Waals surface area contributed by atoms with Crippen molar-refractivity contribution in [1.82, 2.24) is 4.98 Å².